The van der Waals surface area contributed by atoms with E-state index >= 15 is 0 Å². The van der Waals surface area contributed by atoms with Crippen LogP contribution in [0.15, 0.2) is 48.8 Å². The molecule has 1 amide bonds. The molecule has 2 aromatic rings. The van der Waals surface area contributed by atoms with Crippen molar-refractivity contribution in [2.24, 2.45) is 0 Å². The van der Waals surface area contributed by atoms with Crippen molar-refractivity contribution in [2.45, 2.75) is 12.3 Å². The molecule has 0 spiro atoms. The normalized spacial score (nSPS) is 12.5. The highest BCUT2D eigenvalue weighted by molar-refractivity contribution is 5.93. The molecule has 2 rings (SSSR count). The number of carbonyl (C=O) groups excluding carboxylic acids is 1. The van der Waals surface area contributed by atoms with Gasteiger partial charge in [0, 0.05) is 18.9 Å². The first kappa shape index (κ1) is 17.7. The molecule has 0 radical (unpaired) electrons. The van der Waals surface area contributed by atoms with E-state index in [9.17, 15) is 23.1 Å². The molecule has 0 saturated carbocycles. The van der Waals surface area contributed by atoms with Crippen LogP contribution in [0.2, 0.25) is 0 Å². The van der Waals surface area contributed by atoms with Crippen LogP contribution in [-0.4, -0.2) is 35.3 Å². The molecular weight excluding hydrogens is 325 g/mol. The zero-order valence-electron chi connectivity index (χ0n) is 12.5. The fraction of sp³-hybridized carbons (Fsp3) is 0.250. The molecule has 1 atom stereocenters. The fourth-order valence-electron chi connectivity index (χ4n) is 1.80. The number of aromatic nitrogens is 1. The molecule has 0 bridgehead atoms. The van der Waals surface area contributed by atoms with Crippen molar-refractivity contribution in [1.82, 2.24) is 10.3 Å². The number of aliphatic hydroxyl groups is 1. The predicted octanol–water partition coefficient (Wildman–Crippen LogP) is 2.27. The Kier molecular flexibility index (Phi) is 5.75. The number of halogens is 3. The molecule has 0 aliphatic carbocycles. The third kappa shape index (κ3) is 5.24. The van der Waals surface area contributed by atoms with Gasteiger partial charge in [0.2, 0.25) is 0 Å². The largest absolute Gasteiger partial charge is 0.491 e. The van der Waals surface area contributed by atoms with Crippen LogP contribution in [-0.2, 0) is 6.18 Å². The van der Waals surface area contributed by atoms with Crippen LogP contribution in [0.5, 0.6) is 5.75 Å². The van der Waals surface area contributed by atoms with Crippen molar-refractivity contribution in [2.75, 3.05) is 13.2 Å². The Morgan fingerprint density at radius 1 is 1.25 bits per heavy atom. The molecule has 128 valence electrons. The molecule has 0 unspecified atom stereocenters. The van der Waals surface area contributed by atoms with Crippen LogP contribution in [0.3, 0.4) is 0 Å². The fourth-order valence-corrected chi connectivity index (χ4v) is 1.80. The van der Waals surface area contributed by atoms with Gasteiger partial charge >= 0.3 is 6.18 Å². The van der Waals surface area contributed by atoms with Gasteiger partial charge in [-0.2, -0.15) is 13.2 Å². The van der Waals surface area contributed by atoms with Crippen LogP contribution >= 0.6 is 0 Å². The van der Waals surface area contributed by atoms with E-state index in [-0.39, 0.29) is 18.9 Å². The molecule has 1 aromatic heterocycles. The van der Waals surface area contributed by atoms with E-state index in [4.69, 9.17) is 4.74 Å². The standard InChI is InChI=1S/C16H15F3N2O3/c17-16(18,19)12-3-5-14(6-4-12)24-10-13(22)9-21-15(23)11-2-1-7-20-8-11/h1-8,13,22H,9-10H2,(H,21,23)/t13-/m0/s1. The number of aliphatic hydroxyl groups excluding tert-OH is 1. The second-order valence-corrected chi connectivity index (χ2v) is 4.94. The monoisotopic (exact) mass is 340 g/mol. The van der Waals surface area contributed by atoms with Gasteiger partial charge in [-0.15, -0.1) is 0 Å². The first-order chi connectivity index (χ1) is 11.4. The Morgan fingerprint density at radius 3 is 2.54 bits per heavy atom. The van der Waals surface area contributed by atoms with Gasteiger partial charge in [0.15, 0.2) is 0 Å². The van der Waals surface area contributed by atoms with Gasteiger partial charge in [0.1, 0.15) is 18.5 Å². The maximum Gasteiger partial charge on any atom is 0.416 e. The third-order valence-electron chi connectivity index (χ3n) is 3.05. The van der Waals surface area contributed by atoms with E-state index in [2.05, 4.69) is 10.3 Å². The van der Waals surface area contributed by atoms with Gasteiger partial charge in [0.05, 0.1) is 11.1 Å². The molecule has 0 fully saturated rings. The highest BCUT2D eigenvalue weighted by Crippen LogP contribution is 2.30. The number of ether oxygens (including phenoxy) is 1. The van der Waals surface area contributed by atoms with Crippen molar-refractivity contribution in [3.05, 3.63) is 59.9 Å². The average Bonchev–Trinajstić information content (AvgIpc) is 2.58. The maximum atomic E-state index is 12.4. The lowest BCUT2D eigenvalue weighted by Gasteiger charge is -2.14. The van der Waals surface area contributed by atoms with E-state index < -0.39 is 23.8 Å². The van der Waals surface area contributed by atoms with E-state index in [0.717, 1.165) is 12.1 Å². The first-order valence-corrected chi connectivity index (χ1v) is 7.02. The zero-order chi connectivity index (χ0) is 17.6. The van der Waals surface area contributed by atoms with E-state index in [0.29, 0.717) is 5.56 Å². The van der Waals surface area contributed by atoms with E-state index in [1.54, 1.807) is 12.1 Å². The summed E-state index contributed by atoms with van der Waals surface area (Å²) in [7, 11) is 0. The number of hydrogen-bond donors (Lipinski definition) is 2. The molecule has 1 heterocycles. The molecule has 24 heavy (non-hydrogen) atoms. The van der Waals surface area contributed by atoms with E-state index in [1.807, 2.05) is 0 Å². The summed E-state index contributed by atoms with van der Waals surface area (Å²) in [5.74, 6) is -0.197. The highest BCUT2D eigenvalue weighted by Gasteiger charge is 2.30. The number of nitrogens with zero attached hydrogens (tertiary/aromatic N) is 1. The molecule has 5 nitrogen and oxygen atoms in total. The smallest absolute Gasteiger partial charge is 0.416 e. The summed E-state index contributed by atoms with van der Waals surface area (Å²) in [5.41, 5.74) is -0.424. The maximum absolute atomic E-state index is 12.4. The zero-order valence-corrected chi connectivity index (χ0v) is 12.5. The first-order valence-electron chi connectivity index (χ1n) is 7.02. The molecule has 8 heteroatoms. The number of nitrogens with one attached hydrogen (secondary N) is 1. The molecule has 2 N–H and O–H groups in total. The minimum atomic E-state index is -4.41. The average molecular weight is 340 g/mol. The van der Waals surface area contributed by atoms with Crippen LogP contribution < -0.4 is 10.1 Å². The lowest BCUT2D eigenvalue weighted by atomic mass is 10.2. The van der Waals surface area contributed by atoms with Gasteiger partial charge < -0.3 is 15.2 Å². The van der Waals surface area contributed by atoms with Crippen molar-refractivity contribution in [3.8, 4) is 5.75 Å². The molecular formula is C16H15F3N2O3. The summed E-state index contributed by atoms with van der Waals surface area (Å²) < 4.78 is 42.5. The number of rotatable bonds is 6. The molecule has 0 aliphatic heterocycles. The van der Waals surface area contributed by atoms with Crippen LogP contribution in [0.4, 0.5) is 13.2 Å². The number of benzene rings is 1. The van der Waals surface area contributed by atoms with Gasteiger partial charge in [-0.3, -0.25) is 9.78 Å². The van der Waals surface area contributed by atoms with Gasteiger partial charge in [-0.05, 0) is 36.4 Å². The van der Waals surface area contributed by atoms with Crippen molar-refractivity contribution < 1.29 is 27.8 Å². The lowest BCUT2D eigenvalue weighted by molar-refractivity contribution is -0.137. The second-order valence-electron chi connectivity index (χ2n) is 4.94. The van der Waals surface area contributed by atoms with Crippen molar-refractivity contribution >= 4 is 5.91 Å². The number of carbonyl (C=O) groups is 1. The topological polar surface area (TPSA) is 71.5 Å². The van der Waals surface area contributed by atoms with Crippen LogP contribution in [0.25, 0.3) is 0 Å². The van der Waals surface area contributed by atoms with Crippen molar-refractivity contribution in [1.29, 1.82) is 0 Å². The Labute approximate surface area is 136 Å². The summed E-state index contributed by atoms with van der Waals surface area (Å²) >= 11 is 0. The van der Waals surface area contributed by atoms with E-state index in [1.165, 1.54) is 24.5 Å². The molecule has 1 aromatic carbocycles. The molecule has 0 saturated heterocycles. The van der Waals surface area contributed by atoms with Crippen LogP contribution in [0, 0.1) is 0 Å². The quantitative estimate of drug-likeness (QED) is 0.846. The third-order valence-corrected chi connectivity index (χ3v) is 3.05. The van der Waals surface area contributed by atoms with Crippen molar-refractivity contribution in [3.63, 3.8) is 0 Å². The van der Waals surface area contributed by atoms with Crippen LogP contribution in [0.1, 0.15) is 15.9 Å². The van der Waals surface area contributed by atoms with Gasteiger partial charge in [-0.1, -0.05) is 0 Å². The Balaban J connectivity index is 1.77. The summed E-state index contributed by atoms with van der Waals surface area (Å²) in [6.45, 7) is -0.229. The highest BCUT2D eigenvalue weighted by atomic mass is 19.4. The minimum absolute atomic E-state index is 0.0611. The number of amides is 1. The molecule has 0 aliphatic rings. The number of pyridine rings is 1. The SMILES string of the molecule is O=C(NC[C@H](O)COc1ccc(C(F)(F)F)cc1)c1cccnc1. The minimum Gasteiger partial charge on any atom is -0.491 e. The summed E-state index contributed by atoms with van der Waals surface area (Å²) in [6, 6.07) is 7.32. The predicted molar refractivity (Wildman–Crippen MR) is 79.5 cm³/mol. The Morgan fingerprint density at radius 2 is 1.96 bits per heavy atom. The summed E-state index contributed by atoms with van der Waals surface area (Å²) in [5, 5.41) is 12.3. The summed E-state index contributed by atoms with van der Waals surface area (Å²) in [6.07, 6.45) is -2.49. The Bertz CT molecular complexity index is 661. The lowest BCUT2D eigenvalue weighted by Crippen LogP contribution is -2.35. The second kappa shape index (κ2) is 7.78. The summed E-state index contributed by atoms with van der Waals surface area (Å²) in [4.78, 5) is 15.6. The Hall–Kier alpha value is -2.61. The van der Waals surface area contributed by atoms with Gasteiger partial charge in [0.25, 0.3) is 5.91 Å². The number of alkyl halides is 3. The number of hydrogen-bond acceptors (Lipinski definition) is 4. The van der Waals surface area contributed by atoms with Gasteiger partial charge in [-0.25, -0.2) is 0 Å².